The van der Waals surface area contributed by atoms with E-state index < -0.39 is 10.0 Å². The third-order valence-corrected chi connectivity index (χ3v) is 8.20. The van der Waals surface area contributed by atoms with Gasteiger partial charge in [0.25, 0.3) is 0 Å². The predicted molar refractivity (Wildman–Crippen MR) is 116 cm³/mol. The van der Waals surface area contributed by atoms with E-state index in [1.807, 2.05) is 0 Å². The molecule has 0 radical (unpaired) electrons. The van der Waals surface area contributed by atoms with Crippen LogP contribution in [-0.4, -0.2) is 43.1 Å². The van der Waals surface area contributed by atoms with E-state index in [4.69, 9.17) is 0 Å². The van der Waals surface area contributed by atoms with Crippen molar-refractivity contribution in [2.24, 2.45) is 5.92 Å². The third-order valence-electron chi connectivity index (χ3n) is 5.31. The van der Waals surface area contributed by atoms with Gasteiger partial charge in [0.15, 0.2) is 10.9 Å². The van der Waals surface area contributed by atoms with Crippen LogP contribution in [0.4, 0.5) is 9.52 Å². The minimum absolute atomic E-state index is 0.0123. The number of hydrogen-bond donors (Lipinski definition) is 1. The Morgan fingerprint density at radius 3 is 2.60 bits per heavy atom. The first-order valence-corrected chi connectivity index (χ1v) is 12.0. The van der Waals surface area contributed by atoms with E-state index in [-0.39, 0.29) is 23.0 Å². The second-order valence-electron chi connectivity index (χ2n) is 7.52. The smallest absolute Gasteiger partial charge is 0.243 e. The Morgan fingerprint density at radius 2 is 1.90 bits per heavy atom. The molecule has 0 amide bonds. The molecule has 4 rings (SSSR count). The van der Waals surface area contributed by atoms with Crippen LogP contribution in [0.3, 0.4) is 0 Å². The molecule has 30 heavy (non-hydrogen) atoms. The van der Waals surface area contributed by atoms with E-state index >= 15 is 0 Å². The largest absolute Gasteiger partial charge is 0.354 e. The summed E-state index contributed by atoms with van der Waals surface area (Å²) in [7, 11) is -3.53. The topological polar surface area (TPSA) is 79.4 Å². The van der Waals surface area contributed by atoms with Crippen molar-refractivity contribution in [3.05, 3.63) is 53.8 Å². The summed E-state index contributed by atoms with van der Waals surface area (Å²) < 4.78 is 41.1. The summed E-state index contributed by atoms with van der Waals surface area (Å²) in [6, 6.07) is 10.4. The first-order chi connectivity index (χ1) is 14.3. The number of thiazole rings is 1. The molecule has 3 aromatic rings. The van der Waals surface area contributed by atoms with Crippen molar-refractivity contribution in [2.45, 2.75) is 24.7 Å². The average Bonchev–Trinajstić information content (AvgIpc) is 3.14. The van der Waals surface area contributed by atoms with Gasteiger partial charge in [-0.05, 0) is 61.2 Å². The monoisotopic (exact) mass is 447 g/mol. The van der Waals surface area contributed by atoms with Crippen molar-refractivity contribution in [3.8, 4) is 0 Å². The number of ketones is 1. The van der Waals surface area contributed by atoms with E-state index in [9.17, 15) is 17.6 Å². The summed E-state index contributed by atoms with van der Waals surface area (Å²) >= 11 is 1.27. The zero-order valence-corrected chi connectivity index (χ0v) is 18.1. The highest BCUT2D eigenvalue weighted by Crippen LogP contribution is 2.27. The Bertz CT molecular complexity index is 1170. The molecule has 158 valence electrons. The highest BCUT2D eigenvalue weighted by atomic mass is 32.2. The van der Waals surface area contributed by atoms with E-state index in [0.29, 0.717) is 39.9 Å². The number of carbonyl (C=O) groups excluding carboxylic acids is 1. The van der Waals surface area contributed by atoms with Gasteiger partial charge in [-0.25, -0.2) is 17.8 Å². The Balaban J connectivity index is 1.41. The predicted octanol–water partition coefficient (Wildman–Crippen LogP) is 4.15. The molecule has 0 spiro atoms. The fraction of sp³-hybridized carbons (Fsp3) is 0.333. The summed E-state index contributed by atoms with van der Waals surface area (Å²) in [6.07, 6.45) is 1.72. The number of sulfonamides is 1. The second-order valence-corrected chi connectivity index (χ2v) is 10.5. The van der Waals surface area contributed by atoms with Gasteiger partial charge in [0.2, 0.25) is 10.0 Å². The third kappa shape index (κ3) is 4.38. The van der Waals surface area contributed by atoms with Crippen LogP contribution in [0.15, 0.2) is 47.4 Å². The van der Waals surface area contributed by atoms with E-state index in [0.717, 1.165) is 12.8 Å². The molecule has 2 aromatic carbocycles. The van der Waals surface area contributed by atoms with Gasteiger partial charge in [-0.1, -0.05) is 18.3 Å². The lowest BCUT2D eigenvalue weighted by Crippen LogP contribution is -2.37. The van der Waals surface area contributed by atoms with Gasteiger partial charge in [-0.2, -0.15) is 4.31 Å². The molecule has 6 nitrogen and oxygen atoms in total. The van der Waals surface area contributed by atoms with Crippen LogP contribution in [0.1, 0.15) is 30.1 Å². The number of Topliss-reactive ketones (excluding diaryl/α,β-unsaturated/α-hetero) is 1. The standard InChI is InChI=1S/C21H22FN3O3S2/c1-14-8-10-25(11-9-14)30(27,28)17-5-2-15(3-6-17)19(26)13-23-21-24-18-7-4-16(22)12-20(18)29-21/h2-7,12,14H,8-11,13H2,1H3,(H,23,24). The second kappa shape index (κ2) is 8.41. The molecule has 9 heteroatoms. The van der Waals surface area contributed by atoms with Crippen molar-refractivity contribution in [2.75, 3.05) is 25.0 Å². The fourth-order valence-corrected chi connectivity index (χ4v) is 5.78. The number of carbonyl (C=O) groups is 1. The molecule has 1 aromatic heterocycles. The van der Waals surface area contributed by atoms with Crippen LogP contribution < -0.4 is 5.32 Å². The molecular formula is C21H22FN3O3S2. The minimum atomic E-state index is -3.53. The Hall–Kier alpha value is -2.36. The lowest BCUT2D eigenvalue weighted by Gasteiger charge is -2.29. The average molecular weight is 448 g/mol. The number of nitrogens with one attached hydrogen (secondary N) is 1. The van der Waals surface area contributed by atoms with Crippen molar-refractivity contribution < 1.29 is 17.6 Å². The molecule has 0 atom stereocenters. The van der Waals surface area contributed by atoms with Gasteiger partial charge in [-0.3, -0.25) is 4.79 Å². The van der Waals surface area contributed by atoms with Crippen molar-refractivity contribution >= 4 is 42.5 Å². The Morgan fingerprint density at radius 1 is 1.20 bits per heavy atom. The SMILES string of the molecule is CC1CCN(S(=O)(=O)c2ccc(C(=O)CNc3nc4ccc(F)cc4s3)cc2)CC1. The molecule has 0 saturated carbocycles. The molecule has 1 fully saturated rings. The van der Waals surface area contributed by atoms with Crippen LogP contribution in [0.25, 0.3) is 10.2 Å². The van der Waals surface area contributed by atoms with E-state index in [2.05, 4.69) is 17.2 Å². The number of nitrogens with zero attached hydrogens (tertiary/aromatic N) is 2. The summed E-state index contributed by atoms with van der Waals surface area (Å²) in [6.45, 7) is 3.20. The van der Waals surface area contributed by atoms with Gasteiger partial charge >= 0.3 is 0 Å². The zero-order chi connectivity index (χ0) is 21.3. The number of halogens is 1. The highest BCUT2D eigenvalue weighted by molar-refractivity contribution is 7.89. The van der Waals surface area contributed by atoms with Gasteiger partial charge in [0, 0.05) is 18.7 Å². The van der Waals surface area contributed by atoms with Crippen LogP contribution in [0.2, 0.25) is 0 Å². The number of aromatic nitrogens is 1. The Labute approximate surface area is 178 Å². The number of hydrogen-bond acceptors (Lipinski definition) is 6. The maximum Gasteiger partial charge on any atom is 0.243 e. The number of rotatable bonds is 6. The summed E-state index contributed by atoms with van der Waals surface area (Å²) in [5, 5.41) is 3.49. The Kier molecular flexibility index (Phi) is 5.86. The minimum Gasteiger partial charge on any atom is -0.354 e. The van der Waals surface area contributed by atoms with Gasteiger partial charge in [0.05, 0.1) is 21.7 Å². The van der Waals surface area contributed by atoms with Gasteiger partial charge < -0.3 is 5.32 Å². The molecule has 0 bridgehead atoms. The quantitative estimate of drug-likeness (QED) is 0.574. The van der Waals surface area contributed by atoms with Crippen LogP contribution in [0.5, 0.6) is 0 Å². The van der Waals surface area contributed by atoms with Crippen molar-refractivity contribution in [1.29, 1.82) is 0 Å². The lowest BCUT2D eigenvalue weighted by atomic mass is 10.0. The van der Waals surface area contributed by atoms with Crippen LogP contribution in [-0.2, 0) is 10.0 Å². The summed E-state index contributed by atoms with van der Waals surface area (Å²) in [4.78, 5) is 17.0. The van der Waals surface area contributed by atoms with Crippen molar-refractivity contribution in [3.63, 3.8) is 0 Å². The lowest BCUT2D eigenvalue weighted by molar-refractivity contribution is 0.101. The number of anilines is 1. The fourth-order valence-electron chi connectivity index (χ4n) is 3.42. The number of fused-ring (bicyclic) bond motifs is 1. The van der Waals surface area contributed by atoms with E-state index in [1.165, 1.54) is 52.0 Å². The molecule has 1 saturated heterocycles. The van der Waals surface area contributed by atoms with E-state index in [1.54, 1.807) is 6.07 Å². The maximum absolute atomic E-state index is 13.3. The van der Waals surface area contributed by atoms with Gasteiger partial charge in [-0.15, -0.1) is 0 Å². The summed E-state index contributed by atoms with van der Waals surface area (Å²) in [5.74, 6) is 0.0254. The van der Waals surface area contributed by atoms with Crippen LogP contribution >= 0.6 is 11.3 Å². The maximum atomic E-state index is 13.3. The summed E-state index contributed by atoms with van der Waals surface area (Å²) in [5.41, 5.74) is 1.08. The van der Waals surface area contributed by atoms with Crippen molar-refractivity contribution in [1.82, 2.24) is 9.29 Å². The molecule has 2 heterocycles. The molecule has 0 unspecified atom stereocenters. The van der Waals surface area contributed by atoms with Crippen LogP contribution in [0, 0.1) is 11.7 Å². The normalized spacial score (nSPS) is 16.1. The molecule has 1 aliphatic heterocycles. The number of piperidine rings is 1. The zero-order valence-electron chi connectivity index (χ0n) is 16.5. The molecule has 0 aliphatic carbocycles. The van der Waals surface area contributed by atoms with Gasteiger partial charge in [0.1, 0.15) is 5.82 Å². The first kappa shape index (κ1) is 20.9. The molecular weight excluding hydrogens is 425 g/mol. The first-order valence-electron chi connectivity index (χ1n) is 9.76. The molecule has 1 aliphatic rings. The molecule has 1 N–H and O–H groups in total. The number of benzene rings is 2. The highest BCUT2D eigenvalue weighted by Gasteiger charge is 2.28.